The smallest absolute Gasteiger partial charge is 0.308 e. The molecule has 6 nitrogen and oxygen atoms in total. The summed E-state index contributed by atoms with van der Waals surface area (Å²) in [4.78, 5) is 32.5. The summed E-state index contributed by atoms with van der Waals surface area (Å²) in [5.74, 6) is -2.29. The molecular formula is C10H18N2O4. The van der Waals surface area contributed by atoms with Gasteiger partial charge in [-0.15, -0.1) is 0 Å². The Hall–Kier alpha value is -1.59. The largest absolute Gasteiger partial charge is 0.481 e. The molecule has 0 fully saturated rings. The summed E-state index contributed by atoms with van der Waals surface area (Å²) in [5.41, 5.74) is 0. The Kier molecular flexibility index (Phi) is 6.14. The molecule has 6 heteroatoms. The van der Waals surface area contributed by atoms with E-state index in [0.717, 1.165) is 0 Å². The summed E-state index contributed by atoms with van der Waals surface area (Å²) >= 11 is 0. The number of hydrogen-bond acceptors (Lipinski definition) is 3. The van der Waals surface area contributed by atoms with E-state index >= 15 is 0 Å². The zero-order valence-electron chi connectivity index (χ0n) is 9.74. The summed E-state index contributed by atoms with van der Waals surface area (Å²) < 4.78 is 0. The zero-order valence-corrected chi connectivity index (χ0v) is 9.74. The molecule has 0 aliphatic rings. The summed E-state index contributed by atoms with van der Waals surface area (Å²) in [6.07, 6.45) is 0. The van der Waals surface area contributed by atoms with E-state index in [0.29, 0.717) is 0 Å². The Morgan fingerprint density at radius 2 is 1.75 bits per heavy atom. The van der Waals surface area contributed by atoms with Crippen LogP contribution in [0.1, 0.15) is 20.8 Å². The van der Waals surface area contributed by atoms with E-state index in [1.807, 2.05) is 0 Å². The van der Waals surface area contributed by atoms with Gasteiger partial charge in [-0.25, -0.2) is 0 Å². The van der Waals surface area contributed by atoms with Crippen LogP contribution in [0.3, 0.4) is 0 Å². The van der Waals surface area contributed by atoms with Crippen LogP contribution in [0.5, 0.6) is 0 Å². The molecule has 16 heavy (non-hydrogen) atoms. The van der Waals surface area contributed by atoms with Crippen molar-refractivity contribution in [3.63, 3.8) is 0 Å². The third kappa shape index (κ3) is 6.00. The van der Waals surface area contributed by atoms with Crippen molar-refractivity contribution in [2.45, 2.75) is 20.8 Å². The van der Waals surface area contributed by atoms with Crippen molar-refractivity contribution in [2.75, 3.05) is 13.1 Å². The molecule has 2 amide bonds. The van der Waals surface area contributed by atoms with Gasteiger partial charge in [0.25, 0.3) is 0 Å². The van der Waals surface area contributed by atoms with E-state index in [4.69, 9.17) is 5.11 Å². The van der Waals surface area contributed by atoms with Gasteiger partial charge in [-0.1, -0.05) is 13.8 Å². The highest BCUT2D eigenvalue weighted by molar-refractivity contribution is 5.84. The van der Waals surface area contributed by atoms with Crippen LogP contribution >= 0.6 is 0 Å². The van der Waals surface area contributed by atoms with Crippen LogP contribution in [0.25, 0.3) is 0 Å². The first-order valence-electron chi connectivity index (χ1n) is 5.08. The van der Waals surface area contributed by atoms with Gasteiger partial charge in [-0.05, 0) is 5.92 Å². The maximum atomic E-state index is 11.2. The lowest BCUT2D eigenvalue weighted by atomic mass is 9.96. The fraction of sp³-hybridized carbons (Fsp3) is 0.700. The van der Waals surface area contributed by atoms with Crippen LogP contribution < -0.4 is 10.6 Å². The van der Waals surface area contributed by atoms with Crippen LogP contribution in [0.4, 0.5) is 0 Å². The number of nitrogens with one attached hydrogen (secondary N) is 2. The van der Waals surface area contributed by atoms with Gasteiger partial charge in [0, 0.05) is 13.5 Å². The molecular weight excluding hydrogens is 212 g/mol. The lowest BCUT2D eigenvalue weighted by Gasteiger charge is -2.16. The number of carbonyl (C=O) groups excluding carboxylic acids is 2. The molecule has 0 bridgehead atoms. The van der Waals surface area contributed by atoms with E-state index < -0.39 is 11.9 Å². The highest BCUT2D eigenvalue weighted by Gasteiger charge is 2.21. The summed E-state index contributed by atoms with van der Waals surface area (Å²) in [7, 11) is 0. The highest BCUT2D eigenvalue weighted by Crippen LogP contribution is 2.09. The molecule has 0 aromatic heterocycles. The minimum Gasteiger partial charge on any atom is -0.481 e. The summed E-state index contributed by atoms with van der Waals surface area (Å²) in [5, 5.41) is 13.6. The molecule has 0 spiro atoms. The van der Waals surface area contributed by atoms with E-state index in [1.165, 1.54) is 6.92 Å². The molecule has 0 saturated heterocycles. The van der Waals surface area contributed by atoms with Gasteiger partial charge >= 0.3 is 5.97 Å². The van der Waals surface area contributed by atoms with Crippen molar-refractivity contribution in [1.82, 2.24) is 10.6 Å². The average molecular weight is 230 g/mol. The summed E-state index contributed by atoms with van der Waals surface area (Å²) in [6.45, 7) is 4.81. The van der Waals surface area contributed by atoms with Crippen molar-refractivity contribution in [3.8, 4) is 0 Å². The van der Waals surface area contributed by atoms with Gasteiger partial charge in [0.2, 0.25) is 11.8 Å². The van der Waals surface area contributed by atoms with Crippen LogP contribution in [-0.2, 0) is 14.4 Å². The van der Waals surface area contributed by atoms with Crippen LogP contribution in [0, 0.1) is 11.8 Å². The second-order valence-corrected chi connectivity index (χ2v) is 3.90. The number of carbonyl (C=O) groups is 3. The summed E-state index contributed by atoms with van der Waals surface area (Å²) in [6, 6.07) is 0. The van der Waals surface area contributed by atoms with E-state index in [-0.39, 0.29) is 30.8 Å². The van der Waals surface area contributed by atoms with Crippen molar-refractivity contribution < 1.29 is 19.5 Å². The Balaban J connectivity index is 3.97. The van der Waals surface area contributed by atoms with Crippen molar-refractivity contribution >= 4 is 17.8 Å². The number of aliphatic carboxylic acids is 1. The number of carboxylic acid groups (broad SMARTS) is 1. The molecule has 3 N–H and O–H groups in total. The van der Waals surface area contributed by atoms with Gasteiger partial charge in [0.15, 0.2) is 0 Å². The first kappa shape index (κ1) is 14.4. The lowest BCUT2D eigenvalue weighted by molar-refractivity contribution is -0.143. The van der Waals surface area contributed by atoms with Crippen molar-refractivity contribution in [1.29, 1.82) is 0 Å². The molecule has 0 aliphatic heterocycles. The first-order chi connectivity index (χ1) is 7.34. The van der Waals surface area contributed by atoms with Crippen LogP contribution in [0.15, 0.2) is 0 Å². The number of amides is 2. The quantitative estimate of drug-likeness (QED) is 0.578. The topological polar surface area (TPSA) is 95.5 Å². The maximum absolute atomic E-state index is 11.2. The third-order valence-corrected chi connectivity index (χ3v) is 2.14. The maximum Gasteiger partial charge on any atom is 0.308 e. The number of hydrogen-bond donors (Lipinski definition) is 3. The number of carboxylic acids is 1. The Bertz CT molecular complexity index is 276. The fourth-order valence-corrected chi connectivity index (χ4v) is 1.10. The fourth-order valence-electron chi connectivity index (χ4n) is 1.10. The van der Waals surface area contributed by atoms with Crippen molar-refractivity contribution in [3.05, 3.63) is 0 Å². The van der Waals surface area contributed by atoms with Crippen LogP contribution in [-0.4, -0.2) is 36.0 Å². The molecule has 92 valence electrons. The first-order valence-corrected chi connectivity index (χ1v) is 5.08. The van der Waals surface area contributed by atoms with E-state index in [9.17, 15) is 14.4 Å². The predicted molar refractivity (Wildman–Crippen MR) is 57.7 cm³/mol. The van der Waals surface area contributed by atoms with Crippen LogP contribution in [0.2, 0.25) is 0 Å². The van der Waals surface area contributed by atoms with Gasteiger partial charge in [0.1, 0.15) is 0 Å². The highest BCUT2D eigenvalue weighted by atomic mass is 16.4. The predicted octanol–water partition coefficient (Wildman–Crippen LogP) is -0.404. The van der Waals surface area contributed by atoms with Crippen molar-refractivity contribution in [2.24, 2.45) is 11.8 Å². The molecule has 0 aromatic rings. The SMILES string of the molecule is CC(=O)NCC(=O)NCC(C(=O)O)C(C)C. The molecule has 0 heterocycles. The van der Waals surface area contributed by atoms with Gasteiger partial charge in [0.05, 0.1) is 12.5 Å². The molecule has 1 atom stereocenters. The van der Waals surface area contributed by atoms with E-state index in [1.54, 1.807) is 13.8 Å². The number of rotatable bonds is 6. The third-order valence-electron chi connectivity index (χ3n) is 2.14. The minimum atomic E-state index is -0.935. The lowest BCUT2D eigenvalue weighted by Crippen LogP contribution is -2.40. The molecule has 0 aliphatic carbocycles. The second-order valence-electron chi connectivity index (χ2n) is 3.90. The average Bonchev–Trinajstić information content (AvgIpc) is 2.13. The Labute approximate surface area is 94.4 Å². The molecule has 0 saturated carbocycles. The monoisotopic (exact) mass is 230 g/mol. The minimum absolute atomic E-state index is 0.0569. The molecule has 0 aromatic carbocycles. The molecule has 0 radical (unpaired) electrons. The molecule has 0 rings (SSSR count). The zero-order chi connectivity index (χ0) is 12.7. The Morgan fingerprint density at radius 3 is 2.12 bits per heavy atom. The second kappa shape index (κ2) is 6.81. The standard InChI is InChI=1S/C10H18N2O4/c1-6(2)8(10(15)16)4-12-9(14)5-11-7(3)13/h6,8H,4-5H2,1-3H3,(H,11,13)(H,12,14)(H,15,16). The Morgan fingerprint density at radius 1 is 1.19 bits per heavy atom. The van der Waals surface area contributed by atoms with Gasteiger partial charge in [-0.3, -0.25) is 14.4 Å². The van der Waals surface area contributed by atoms with E-state index in [2.05, 4.69) is 10.6 Å². The normalized spacial score (nSPS) is 12.0. The van der Waals surface area contributed by atoms with Gasteiger partial charge < -0.3 is 15.7 Å². The molecule has 1 unspecified atom stereocenters. The van der Waals surface area contributed by atoms with Gasteiger partial charge in [-0.2, -0.15) is 0 Å².